The van der Waals surface area contributed by atoms with Crippen molar-refractivity contribution >= 4 is 23.6 Å². The highest BCUT2D eigenvalue weighted by atomic mass is 16.5. The lowest BCUT2D eigenvalue weighted by Crippen LogP contribution is -2.42. The van der Waals surface area contributed by atoms with E-state index in [2.05, 4.69) is 33.1 Å². The van der Waals surface area contributed by atoms with Gasteiger partial charge in [-0.25, -0.2) is 9.78 Å². The number of Topliss-reactive ketones (excluding diaryl/α,β-unsaturated/α-hetero) is 1. The second kappa shape index (κ2) is 12.9. The molecule has 31 heavy (non-hydrogen) atoms. The molecule has 1 aliphatic heterocycles. The van der Waals surface area contributed by atoms with E-state index in [1.54, 1.807) is 0 Å². The molecule has 8 heteroatoms. The van der Waals surface area contributed by atoms with Crippen LogP contribution in [0.25, 0.3) is 0 Å². The number of aryl methyl sites for hydroxylation is 2. The molecule has 1 atom stereocenters. The molecule has 0 saturated heterocycles. The molecule has 0 bridgehead atoms. The number of hydrogen-bond acceptors (Lipinski definition) is 6. The van der Waals surface area contributed by atoms with E-state index >= 15 is 0 Å². The van der Waals surface area contributed by atoms with E-state index in [4.69, 9.17) is 4.74 Å². The largest absolute Gasteiger partial charge is 0.449 e. The van der Waals surface area contributed by atoms with Crippen LogP contribution in [0.5, 0.6) is 0 Å². The van der Waals surface area contributed by atoms with E-state index in [9.17, 15) is 14.4 Å². The summed E-state index contributed by atoms with van der Waals surface area (Å²) in [5, 5.41) is 8.73. The number of alkyl carbamates (subject to hydrolysis) is 1. The lowest BCUT2D eigenvalue weighted by Gasteiger charge is -2.17. The molecule has 1 aliphatic rings. The van der Waals surface area contributed by atoms with Crippen LogP contribution in [0.3, 0.4) is 0 Å². The van der Waals surface area contributed by atoms with Gasteiger partial charge >= 0.3 is 6.09 Å². The first-order valence-electron chi connectivity index (χ1n) is 11.3. The number of ether oxygens (including phenoxy) is 1. The monoisotopic (exact) mass is 432 g/mol. The van der Waals surface area contributed by atoms with Crippen molar-refractivity contribution in [3.8, 4) is 0 Å². The predicted molar refractivity (Wildman–Crippen MR) is 120 cm³/mol. The Morgan fingerprint density at radius 2 is 2.03 bits per heavy atom. The van der Waals surface area contributed by atoms with Crippen molar-refractivity contribution in [2.24, 2.45) is 5.92 Å². The Morgan fingerprint density at radius 3 is 2.77 bits per heavy atom. The molecule has 0 saturated carbocycles. The van der Waals surface area contributed by atoms with Gasteiger partial charge in [-0.3, -0.25) is 9.59 Å². The molecule has 0 spiro atoms. The lowest BCUT2D eigenvalue weighted by atomic mass is 10.1. The molecule has 8 nitrogen and oxygen atoms in total. The number of unbranched alkanes of at least 4 members (excludes halogenated alkanes) is 1. The minimum atomic E-state index is -0.663. The van der Waals surface area contributed by atoms with E-state index in [-0.39, 0.29) is 17.6 Å². The average molecular weight is 433 g/mol. The number of nitrogens with zero attached hydrogens (tertiary/aromatic N) is 1. The van der Waals surface area contributed by atoms with Gasteiger partial charge in [0.1, 0.15) is 5.82 Å². The number of nitrogens with one attached hydrogen (secondary N) is 3. The van der Waals surface area contributed by atoms with E-state index < -0.39 is 12.1 Å². The fourth-order valence-corrected chi connectivity index (χ4v) is 3.35. The quantitative estimate of drug-likeness (QED) is 0.438. The van der Waals surface area contributed by atoms with Gasteiger partial charge in [-0.1, -0.05) is 19.9 Å². The van der Waals surface area contributed by atoms with Crippen LogP contribution in [-0.4, -0.2) is 48.5 Å². The van der Waals surface area contributed by atoms with Gasteiger partial charge in [-0.2, -0.15) is 0 Å². The summed E-state index contributed by atoms with van der Waals surface area (Å²) in [6.07, 6.45) is 4.89. The first kappa shape index (κ1) is 24.6. The van der Waals surface area contributed by atoms with Crippen LogP contribution in [0.15, 0.2) is 12.1 Å². The molecule has 2 amide bonds. The number of pyridine rings is 1. The van der Waals surface area contributed by atoms with Crippen molar-refractivity contribution in [1.29, 1.82) is 0 Å². The van der Waals surface area contributed by atoms with Crippen LogP contribution in [-0.2, 0) is 27.2 Å². The maximum absolute atomic E-state index is 12.1. The van der Waals surface area contributed by atoms with Crippen molar-refractivity contribution in [3.05, 3.63) is 23.4 Å². The molecule has 0 aromatic carbocycles. The summed E-state index contributed by atoms with van der Waals surface area (Å²) in [5.41, 5.74) is 2.33. The topological polar surface area (TPSA) is 109 Å². The molecule has 172 valence electrons. The molecule has 3 N–H and O–H groups in total. The van der Waals surface area contributed by atoms with Crippen molar-refractivity contribution in [2.45, 2.75) is 71.8 Å². The minimum Gasteiger partial charge on any atom is -0.449 e. The number of amides is 2. The molecule has 1 unspecified atom stereocenters. The summed E-state index contributed by atoms with van der Waals surface area (Å²) >= 11 is 0. The maximum atomic E-state index is 12.1. The molecule has 1 aromatic rings. The van der Waals surface area contributed by atoms with Crippen LogP contribution >= 0.6 is 0 Å². The number of carbonyl (C=O) groups excluding carboxylic acids is 3. The minimum absolute atomic E-state index is 0.0512. The van der Waals surface area contributed by atoms with Crippen LogP contribution in [0.4, 0.5) is 10.6 Å². The van der Waals surface area contributed by atoms with Gasteiger partial charge in [0, 0.05) is 25.2 Å². The zero-order valence-corrected chi connectivity index (χ0v) is 19.0. The van der Waals surface area contributed by atoms with Gasteiger partial charge in [0.2, 0.25) is 5.91 Å². The molecule has 0 aliphatic carbocycles. The summed E-state index contributed by atoms with van der Waals surface area (Å²) < 4.78 is 5.05. The molecule has 0 radical (unpaired) electrons. The fraction of sp³-hybridized carbons (Fsp3) is 0.652. The van der Waals surface area contributed by atoms with Gasteiger partial charge in [-0.15, -0.1) is 0 Å². The zero-order chi connectivity index (χ0) is 22.6. The third kappa shape index (κ3) is 9.36. The standard InChI is InChI=1S/C23H36N4O4/c1-16(2)15-31-23(30)27-20(17(3)28)12-14-24-21(29)9-5-4-8-19-11-10-18-7-6-13-25-22(18)26-19/h10-11,16,20H,4-9,12-15H2,1-3H3,(H,24,29)(H,25,26)(H,27,30). The molecule has 2 rings (SSSR count). The van der Waals surface area contributed by atoms with E-state index in [0.717, 1.165) is 50.2 Å². The van der Waals surface area contributed by atoms with E-state index in [1.165, 1.54) is 12.5 Å². The van der Waals surface area contributed by atoms with Crippen molar-refractivity contribution in [1.82, 2.24) is 15.6 Å². The lowest BCUT2D eigenvalue weighted by molar-refractivity contribution is -0.122. The Kier molecular flexibility index (Phi) is 10.3. The van der Waals surface area contributed by atoms with Crippen molar-refractivity contribution in [2.75, 3.05) is 25.0 Å². The van der Waals surface area contributed by atoms with Gasteiger partial charge < -0.3 is 20.7 Å². The summed E-state index contributed by atoms with van der Waals surface area (Å²) in [6.45, 7) is 6.89. The number of carbonyl (C=O) groups is 3. The smallest absolute Gasteiger partial charge is 0.407 e. The normalized spacial score (nSPS) is 13.7. The highest BCUT2D eigenvalue weighted by Gasteiger charge is 2.18. The second-order valence-corrected chi connectivity index (χ2v) is 8.49. The fourth-order valence-electron chi connectivity index (χ4n) is 3.35. The third-order valence-corrected chi connectivity index (χ3v) is 5.12. The molecular weight excluding hydrogens is 396 g/mol. The van der Waals surface area contributed by atoms with Crippen LogP contribution < -0.4 is 16.0 Å². The van der Waals surface area contributed by atoms with Crippen LogP contribution in [0.1, 0.15) is 64.1 Å². The third-order valence-electron chi connectivity index (χ3n) is 5.12. The van der Waals surface area contributed by atoms with Gasteiger partial charge in [0.25, 0.3) is 0 Å². The van der Waals surface area contributed by atoms with Crippen LogP contribution in [0.2, 0.25) is 0 Å². The molecule has 1 aromatic heterocycles. The van der Waals surface area contributed by atoms with E-state index in [1.807, 2.05) is 13.8 Å². The SMILES string of the molecule is CC(=O)C(CCNC(=O)CCCCc1ccc2c(n1)NCCC2)NC(=O)OCC(C)C. The summed E-state index contributed by atoms with van der Waals surface area (Å²) in [4.78, 5) is 40.2. The number of hydrogen-bond donors (Lipinski definition) is 3. The molecule has 2 heterocycles. The maximum Gasteiger partial charge on any atom is 0.407 e. The zero-order valence-electron chi connectivity index (χ0n) is 19.0. The summed E-state index contributed by atoms with van der Waals surface area (Å²) in [5.74, 6) is 1.01. The molecule has 0 fully saturated rings. The number of anilines is 1. The summed E-state index contributed by atoms with van der Waals surface area (Å²) in [6, 6.07) is 3.56. The van der Waals surface area contributed by atoms with E-state index in [0.29, 0.717) is 26.0 Å². The van der Waals surface area contributed by atoms with Crippen LogP contribution in [0, 0.1) is 5.92 Å². The number of fused-ring (bicyclic) bond motifs is 1. The Bertz CT molecular complexity index is 751. The first-order valence-corrected chi connectivity index (χ1v) is 11.3. The Morgan fingerprint density at radius 1 is 1.23 bits per heavy atom. The number of rotatable bonds is 12. The highest BCUT2D eigenvalue weighted by molar-refractivity contribution is 5.85. The van der Waals surface area contributed by atoms with Crippen molar-refractivity contribution in [3.63, 3.8) is 0 Å². The van der Waals surface area contributed by atoms with Gasteiger partial charge in [0.05, 0.1) is 12.6 Å². The number of ketones is 1. The Balaban J connectivity index is 1.61. The first-order chi connectivity index (χ1) is 14.8. The Hall–Kier alpha value is -2.64. The van der Waals surface area contributed by atoms with Crippen molar-refractivity contribution < 1.29 is 19.1 Å². The Labute approximate surface area is 184 Å². The van der Waals surface area contributed by atoms with Gasteiger partial charge in [0.15, 0.2) is 5.78 Å². The second-order valence-electron chi connectivity index (χ2n) is 8.49. The molecular formula is C23H36N4O4. The predicted octanol–water partition coefficient (Wildman–Crippen LogP) is 3.00. The number of aromatic nitrogens is 1. The van der Waals surface area contributed by atoms with Gasteiger partial charge in [-0.05, 0) is 63.0 Å². The average Bonchev–Trinajstić information content (AvgIpc) is 2.74. The summed E-state index contributed by atoms with van der Waals surface area (Å²) in [7, 11) is 0. The highest BCUT2D eigenvalue weighted by Crippen LogP contribution is 2.20.